The van der Waals surface area contributed by atoms with Crippen LogP contribution in [0.25, 0.3) is 0 Å². The van der Waals surface area contributed by atoms with Crippen molar-refractivity contribution in [3.05, 3.63) is 29.3 Å². The number of likely N-dealkylation sites (tertiary alicyclic amines) is 1. The lowest BCUT2D eigenvalue weighted by atomic mass is 9.97. The predicted octanol–water partition coefficient (Wildman–Crippen LogP) is 3.11. The second-order valence-corrected chi connectivity index (χ2v) is 7.01. The Morgan fingerprint density at radius 3 is 2.50 bits per heavy atom. The minimum atomic E-state index is -0.739. The summed E-state index contributed by atoms with van der Waals surface area (Å²) in [6.07, 6.45) is 1.66. The van der Waals surface area contributed by atoms with E-state index in [1.165, 1.54) is 16.0 Å². The molecule has 1 saturated heterocycles. The normalized spacial score (nSPS) is 15.8. The second kappa shape index (κ2) is 7.68. The van der Waals surface area contributed by atoms with E-state index in [9.17, 15) is 9.59 Å². The topological polar surface area (TPSA) is 57.6 Å². The first-order chi connectivity index (χ1) is 10.5. The Balaban J connectivity index is 1.74. The molecule has 0 aliphatic carbocycles. The van der Waals surface area contributed by atoms with Gasteiger partial charge >= 0.3 is 5.97 Å². The molecular formula is C17H23NO3S. The number of hydrogen-bond donors (Lipinski definition) is 1. The summed E-state index contributed by atoms with van der Waals surface area (Å²) in [6.45, 7) is 5.33. The van der Waals surface area contributed by atoms with Crippen molar-refractivity contribution >= 4 is 23.6 Å². The number of amides is 1. The molecule has 1 aliphatic heterocycles. The summed E-state index contributed by atoms with van der Waals surface area (Å²) >= 11 is 1.70. The number of hydrogen-bond acceptors (Lipinski definition) is 3. The number of aliphatic carboxylic acids is 1. The number of carboxylic acids is 1. The number of carbonyl (C=O) groups is 2. The van der Waals surface area contributed by atoms with Crippen LogP contribution in [0, 0.1) is 19.8 Å². The van der Waals surface area contributed by atoms with Gasteiger partial charge in [-0.15, -0.1) is 11.8 Å². The van der Waals surface area contributed by atoms with E-state index < -0.39 is 5.97 Å². The smallest absolute Gasteiger partial charge is 0.306 e. The molecule has 4 nitrogen and oxygen atoms in total. The summed E-state index contributed by atoms with van der Waals surface area (Å²) < 4.78 is 0. The van der Waals surface area contributed by atoms with Gasteiger partial charge in [0.15, 0.2) is 0 Å². The lowest BCUT2D eigenvalue weighted by Gasteiger charge is -2.30. The van der Waals surface area contributed by atoms with Crippen molar-refractivity contribution in [3.8, 4) is 0 Å². The Morgan fingerprint density at radius 1 is 1.23 bits per heavy atom. The fourth-order valence-corrected chi connectivity index (χ4v) is 3.53. The molecule has 1 fully saturated rings. The molecule has 0 unspecified atom stereocenters. The highest BCUT2D eigenvalue weighted by Crippen LogP contribution is 2.23. The van der Waals surface area contributed by atoms with Gasteiger partial charge in [0.25, 0.3) is 0 Å². The molecule has 5 heteroatoms. The van der Waals surface area contributed by atoms with Gasteiger partial charge in [0.05, 0.1) is 5.92 Å². The van der Waals surface area contributed by atoms with E-state index in [-0.39, 0.29) is 11.8 Å². The van der Waals surface area contributed by atoms with Crippen LogP contribution in [-0.4, -0.2) is 40.7 Å². The third kappa shape index (κ3) is 4.50. The molecule has 1 aliphatic rings. The maximum atomic E-state index is 12.2. The highest BCUT2D eigenvalue weighted by Gasteiger charge is 2.26. The first-order valence-corrected chi connectivity index (χ1v) is 8.66. The van der Waals surface area contributed by atoms with E-state index in [2.05, 4.69) is 32.0 Å². The van der Waals surface area contributed by atoms with Gasteiger partial charge in [0.1, 0.15) is 0 Å². The maximum absolute atomic E-state index is 12.2. The maximum Gasteiger partial charge on any atom is 0.306 e. The summed E-state index contributed by atoms with van der Waals surface area (Å²) in [5.74, 6) is -0.119. The van der Waals surface area contributed by atoms with Crippen LogP contribution in [0.3, 0.4) is 0 Å². The second-order valence-electron chi connectivity index (χ2n) is 5.84. The van der Waals surface area contributed by atoms with Crippen LogP contribution in [0.2, 0.25) is 0 Å². The van der Waals surface area contributed by atoms with Crippen molar-refractivity contribution in [1.29, 1.82) is 0 Å². The summed E-state index contributed by atoms with van der Waals surface area (Å²) in [5, 5.41) is 8.97. The highest BCUT2D eigenvalue weighted by atomic mass is 32.2. The third-order valence-corrected chi connectivity index (χ3v) is 5.26. The molecule has 0 aromatic heterocycles. The molecule has 0 radical (unpaired) electrons. The average molecular weight is 321 g/mol. The van der Waals surface area contributed by atoms with Gasteiger partial charge in [-0.2, -0.15) is 0 Å². The lowest BCUT2D eigenvalue weighted by Crippen LogP contribution is -2.40. The molecule has 0 saturated carbocycles. The highest BCUT2D eigenvalue weighted by molar-refractivity contribution is 7.99. The van der Waals surface area contributed by atoms with E-state index in [4.69, 9.17) is 5.11 Å². The third-order valence-electron chi connectivity index (χ3n) is 4.26. The van der Waals surface area contributed by atoms with Crippen LogP contribution >= 0.6 is 11.8 Å². The molecule has 1 aromatic rings. The standard InChI is InChI=1S/C17H23NO3S/c1-12-3-4-15(11-13(12)2)22-10-7-16(19)18-8-5-14(6-9-18)17(20)21/h3-4,11,14H,5-10H2,1-2H3,(H,20,21). The SMILES string of the molecule is Cc1ccc(SCCC(=O)N2CCC(C(=O)O)CC2)cc1C. The Kier molecular flexibility index (Phi) is 5.89. The van der Waals surface area contributed by atoms with E-state index in [1.54, 1.807) is 16.7 Å². The largest absolute Gasteiger partial charge is 0.481 e. The van der Waals surface area contributed by atoms with Gasteiger partial charge in [-0.05, 0) is 49.9 Å². The molecular weight excluding hydrogens is 298 g/mol. The van der Waals surface area contributed by atoms with Crippen molar-refractivity contribution < 1.29 is 14.7 Å². The van der Waals surface area contributed by atoms with Crippen LogP contribution in [0.15, 0.2) is 23.1 Å². The number of benzene rings is 1. The average Bonchev–Trinajstić information content (AvgIpc) is 2.51. The zero-order valence-electron chi connectivity index (χ0n) is 13.2. The van der Waals surface area contributed by atoms with Crippen molar-refractivity contribution in [2.45, 2.75) is 38.0 Å². The summed E-state index contributed by atoms with van der Waals surface area (Å²) in [6, 6.07) is 6.36. The van der Waals surface area contributed by atoms with Crippen LogP contribution in [0.1, 0.15) is 30.4 Å². The van der Waals surface area contributed by atoms with Crippen LogP contribution in [0.4, 0.5) is 0 Å². The molecule has 1 aromatic carbocycles. The fraction of sp³-hybridized carbons (Fsp3) is 0.529. The van der Waals surface area contributed by atoms with Crippen LogP contribution < -0.4 is 0 Å². The monoisotopic (exact) mass is 321 g/mol. The summed E-state index contributed by atoms with van der Waals surface area (Å²) in [4.78, 5) is 26.1. The summed E-state index contributed by atoms with van der Waals surface area (Å²) in [7, 11) is 0. The molecule has 0 spiro atoms. The molecule has 0 atom stereocenters. The van der Waals surface area contributed by atoms with Crippen molar-refractivity contribution in [1.82, 2.24) is 4.90 Å². The van der Waals surface area contributed by atoms with Gasteiger partial charge in [0, 0.05) is 30.2 Å². The Morgan fingerprint density at radius 2 is 1.91 bits per heavy atom. The molecule has 0 bridgehead atoms. The molecule has 1 N–H and O–H groups in total. The molecule has 1 amide bonds. The van der Waals surface area contributed by atoms with Gasteiger partial charge in [-0.3, -0.25) is 9.59 Å². The van der Waals surface area contributed by atoms with E-state index >= 15 is 0 Å². The number of rotatable bonds is 5. The number of carbonyl (C=O) groups excluding carboxylic acids is 1. The minimum absolute atomic E-state index is 0.139. The van der Waals surface area contributed by atoms with E-state index in [1.807, 2.05) is 0 Å². The molecule has 120 valence electrons. The zero-order chi connectivity index (χ0) is 16.1. The quantitative estimate of drug-likeness (QED) is 0.847. The van der Waals surface area contributed by atoms with Gasteiger partial charge < -0.3 is 10.0 Å². The molecule has 2 rings (SSSR count). The van der Waals surface area contributed by atoms with Gasteiger partial charge in [0.2, 0.25) is 5.91 Å². The lowest BCUT2D eigenvalue weighted by molar-refractivity contribution is -0.145. The minimum Gasteiger partial charge on any atom is -0.481 e. The van der Waals surface area contributed by atoms with Crippen molar-refractivity contribution in [2.24, 2.45) is 5.92 Å². The van der Waals surface area contributed by atoms with Gasteiger partial charge in [-0.1, -0.05) is 6.07 Å². The van der Waals surface area contributed by atoms with Crippen molar-refractivity contribution in [2.75, 3.05) is 18.8 Å². The van der Waals surface area contributed by atoms with Crippen LogP contribution in [0.5, 0.6) is 0 Å². The van der Waals surface area contributed by atoms with E-state index in [0.717, 1.165) is 5.75 Å². The Hall–Kier alpha value is -1.49. The Labute approximate surface area is 135 Å². The number of aryl methyl sites for hydroxylation is 2. The zero-order valence-corrected chi connectivity index (χ0v) is 14.0. The molecule has 1 heterocycles. The Bertz CT molecular complexity index is 551. The predicted molar refractivity (Wildman–Crippen MR) is 88.2 cm³/mol. The number of nitrogens with zero attached hydrogens (tertiary/aromatic N) is 1. The van der Waals surface area contributed by atoms with Gasteiger partial charge in [-0.25, -0.2) is 0 Å². The van der Waals surface area contributed by atoms with Crippen LogP contribution in [-0.2, 0) is 9.59 Å². The number of thioether (sulfide) groups is 1. The van der Waals surface area contributed by atoms with Crippen molar-refractivity contribution in [3.63, 3.8) is 0 Å². The fourth-order valence-electron chi connectivity index (χ4n) is 2.59. The number of piperidine rings is 1. The van der Waals surface area contributed by atoms with E-state index in [0.29, 0.717) is 32.4 Å². The number of carboxylic acid groups (broad SMARTS) is 1. The molecule has 22 heavy (non-hydrogen) atoms. The summed E-state index contributed by atoms with van der Waals surface area (Å²) in [5.41, 5.74) is 2.55. The first kappa shape index (κ1) is 16.9. The first-order valence-electron chi connectivity index (χ1n) is 7.68.